The van der Waals surface area contributed by atoms with E-state index >= 15 is 0 Å². The van der Waals surface area contributed by atoms with Crippen molar-refractivity contribution in [1.82, 2.24) is 9.88 Å². The number of phenolic OH excluding ortho intramolecular Hbond substituents is 1. The number of aromatic hydroxyl groups is 1. The van der Waals surface area contributed by atoms with E-state index in [1.165, 1.54) is 12.1 Å². The van der Waals surface area contributed by atoms with Crippen LogP contribution in [0.1, 0.15) is 11.1 Å². The Hall–Kier alpha value is -2.46. The van der Waals surface area contributed by atoms with E-state index in [0.29, 0.717) is 13.1 Å². The lowest BCUT2D eigenvalue weighted by Crippen LogP contribution is -2.17. The highest BCUT2D eigenvalue weighted by Gasteiger charge is 2.10. The summed E-state index contributed by atoms with van der Waals surface area (Å²) in [6, 6.07) is 12.0. The molecule has 0 atom stereocenters. The van der Waals surface area contributed by atoms with Crippen molar-refractivity contribution in [2.24, 2.45) is 0 Å². The second kappa shape index (κ2) is 6.12. The second-order valence-corrected chi connectivity index (χ2v) is 5.46. The van der Waals surface area contributed by atoms with Crippen LogP contribution in [0.5, 0.6) is 5.75 Å². The van der Waals surface area contributed by atoms with E-state index in [4.69, 9.17) is 0 Å². The first kappa shape index (κ1) is 14.5. The lowest BCUT2D eigenvalue weighted by molar-refractivity contribution is 0.314. The van der Waals surface area contributed by atoms with Gasteiger partial charge >= 0.3 is 0 Å². The van der Waals surface area contributed by atoms with E-state index < -0.39 is 0 Å². The number of halogens is 1. The summed E-state index contributed by atoms with van der Waals surface area (Å²) in [5.41, 5.74) is 1.89. The van der Waals surface area contributed by atoms with Crippen molar-refractivity contribution in [2.45, 2.75) is 13.1 Å². The summed E-state index contributed by atoms with van der Waals surface area (Å²) in [6.07, 6.45) is 3.52. The molecular weight excluding hydrogens is 279 g/mol. The normalized spacial score (nSPS) is 11.2. The van der Waals surface area contributed by atoms with Gasteiger partial charge in [0.15, 0.2) is 0 Å². The molecule has 2 aromatic carbocycles. The van der Waals surface area contributed by atoms with Crippen molar-refractivity contribution in [1.29, 1.82) is 0 Å². The third-order valence-electron chi connectivity index (χ3n) is 3.70. The van der Waals surface area contributed by atoms with E-state index in [-0.39, 0.29) is 11.6 Å². The molecule has 3 aromatic rings. The van der Waals surface area contributed by atoms with E-state index in [2.05, 4.69) is 9.88 Å². The molecule has 112 valence electrons. The molecule has 0 bridgehead atoms. The summed E-state index contributed by atoms with van der Waals surface area (Å²) < 4.78 is 12.9. The molecule has 0 aliphatic carbocycles. The lowest BCUT2D eigenvalue weighted by Gasteiger charge is -2.19. The van der Waals surface area contributed by atoms with Crippen molar-refractivity contribution in [3.63, 3.8) is 0 Å². The summed E-state index contributed by atoms with van der Waals surface area (Å²) in [6.45, 7) is 1.27. The SMILES string of the molecule is CN(Cc1ccc(F)cc1)Cc1c(O)ccc2ccncc12. The van der Waals surface area contributed by atoms with Gasteiger partial charge in [0.25, 0.3) is 0 Å². The maximum Gasteiger partial charge on any atom is 0.123 e. The molecule has 0 aliphatic heterocycles. The molecule has 3 nitrogen and oxygen atoms in total. The number of pyridine rings is 1. The molecule has 0 unspecified atom stereocenters. The summed E-state index contributed by atoms with van der Waals surface area (Å²) in [5.74, 6) is 0.0376. The van der Waals surface area contributed by atoms with Crippen LogP contribution < -0.4 is 0 Å². The standard InChI is InChI=1S/C18H17FN2O/c1-21(11-13-2-5-15(19)6-3-13)12-17-16-10-20-9-8-14(16)4-7-18(17)22/h2-10,22H,11-12H2,1H3. The summed E-state index contributed by atoms with van der Waals surface area (Å²) in [4.78, 5) is 6.22. The smallest absolute Gasteiger partial charge is 0.123 e. The van der Waals surface area contributed by atoms with Crippen LogP contribution in [-0.4, -0.2) is 22.0 Å². The van der Waals surface area contributed by atoms with Crippen molar-refractivity contribution in [3.8, 4) is 5.75 Å². The monoisotopic (exact) mass is 296 g/mol. The Bertz CT molecular complexity index is 787. The van der Waals surface area contributed by atoms with Gasteiger partial charge in [-0.15, -0.1) is 0 Å². The molecule has 0 amide bonds. The highest BCUT2D eigenvalue weighted by Crippen LogP contribution is 2.27. The number of fused-ring (bicyclic) bond motifs is 1. The predicted molar refractivity (Wildman–Crippen MR) is 85.0 cm³/mol. The van der Waals surface area contributed by atoms with Gasteiger partial charge in [-0.1, -0.05) is 18.2 Å². The zero-order valence-electron chi connectivity index (χ0n) is 12.3. The van der Waals surface area contributed by atoms with Crippen molar-refractivity contribution in [3.05, 3.63) is 71.8 Å². The van der Waals surface area contributed by atoms with E-state index in [0.717, 1.165) is 21.9 Å². The summed E-state index contributed by atoms with van der Waals surface area (Å²) >= 11 is 0. The van der Waals surface area contributed by atoms with Gasteiger partial charge in [0.05, 0.1) is 0 Å². The van der Waals surface area contributed by atoms with Gasteiger partial charge in [0.1, 0.15) is 11.6 Å². The Morgan fingerprint density at radius 2 is 1.82 bits per heavy atom. The van der Waals surface area contributed by atoms with Gasteiger partial charge in [-0.2, -0.15) is 0 Å². The Labute approximate surface area is 128 Å². The van der Waals surface area contributed by atoms with Gasteiger partial charge in [-0.05, 0) is 42.3 Å². The highest BCUT2D eigenvalue weighted by molar-refractivity contribution is 5.86. The number of aromatic nitrogens is 1. The van der Waals surface area contributed by atoms with Crippen LogP contribution in [0.4, 0.5) is 4.39 Å². The number of hydrogen-bond donors (Lipinski definition) is 1. The van der Waals surface area contributed by atoms with Crippen LogP contribution in [0.15, 0.2) is 54.9 Å². The van der Waals surface area contributed by atoms with Crippen molar-refractivity contribution < 1.29 is 9.50 Å². The largest absolute Gasteiger partial charge is 0.508 e. The molecule has 3 rings (SSSR count). The Morgan fingerprint density at radius 1 is 1.05 bits per heavy atom. The predicted octanol–water partition coefficient (Wildman–Crippen LogP) is 3.71. The summed E-state index contributed by atoms with van der Waals surface area (Å²) in [5, 5.41) is 12.2. The van der Waals surface area contributed by atoms with Crippen LogP contribution in [0.3, 0.4) is 0 Å². The molecule has 0 aliphatic rings. The van der Waals surface area contributed by atoms with Crippen LogP contribution in [0.2, 0.25) is 0 Å². The van der Waals surface area contributed by atoms with Crippen LogP contribution in [0, 0.1) is 5.82 Å². The topological polar surface area (TPSA) is 36.4 Å². The number of rotatable bonds is 4. The maximum atomic E-state index is 12.9. The quantitative estimate of drug-likeness (QED) is 0.797. The Morgan fingerprint density at radius 3 is 2.59 bits per heavy atom. The lowest BCUT2D eigenvalue weighted by atomic mass is 10.0. The van der Waals surface area contributed by atoms with Gasteiger partial charge in [-0.3, -0.25) is 9.88 Å². The van der Waals surface area contributed by atoms with Crippen molar-refractivity contribution >= 4 is 10.8 Å². The molecule has 0 radical (unpaired) electrons. The maximum absolute atomic E-state index is 12.9. The first-order valence-electron chi connectivity index (χ1n) is 7.11. The molecule has 0 fully saturated rings. The van der Waals surface area contributed by atoms with Gasteiger partial charge in [0, 0.05) is 36.4 Å². The summed E-state index contributed by atoms with van der Waals surface area (Å²) in [7, 11) is 1.97. The third-order valence-corrected chi connectivity index (χ3v) is 3.70. The number of phenols is 1. The first-order chi connectivity index (χ1) is 10.6. The average molecular weight is 296 g/mol. The molecule has 1 aromatic heterocycles. The minimum absolute atomic E-state index is 0.232. The second-order valence-electron chi connectivity index (χ2n) is 5.46. The number of hydrogen-bond acceptors (Lipinski definition) is 3. The fourth-order valence-electron chi connectivity index (χ4n) is 2.60. The van der Waals surface area contributed by atoms with Crippen molar-refractivity contribution in [2.75, 3.05) is 7.05 Å². The van der Waals surface area contributed by atoms with Crippen LogP contribution in [-0.2, 0) is 13.1 Å². The molecule has 0 saturated heterocycles. The molecule has 0 saturated carbocycles. The number of benzene rings is 2. The zero-order chi connectivity index (χ0) is 15.5. The third kappa shape index (κ3) is 3.07. The minimum Gasteiger partial charge on any atom is -0.508 e. The molecule has 22 heavy (non-hydrogen) atoms. The van der Waals surface area contributed by atoms with E-state index in [1.807, 2.05) is 19.2 Å². The average Bonchev–Trinajstić information content (AvgIpc) is 2.52. The van der Waals surface area contributed by atoms with Gasteiger partial charge in [0.2, 0.25) is 0 Å². The molecular formula is C18H17FN2O. The molecule has 4 heteroatoms. The first-order valence-corrected chi connectivity index (χ1v) is 7.11. The van der Waals surface area contributed by atoms with Gasteiger partial charge in [-0.25, -0.2) is 4.39 Å². The minimum atomic E-state index is -0.232. The Balaban J connectivity index is 1.83. The van der Waals surface area contributed by atoms with E-state index in [9.17, 15) is 9.50 Å². The molecule has 1 heterocycles. The van der Waals surface area contributed by atoms with Gasteiger partial charge < -0.3 is 5.11 Å². The fraction of sp³-hybridized carbons (Fsp3) is 0.167. The zero-order valence-corrected chi connectivity index (χ0v) is 12.3. The van der Waals surface area contributed by atoms with Crippen LogP contribution >= 0.6 is 0 Å². The van der Waals surface area contributed by atoms with E-state index in [1.54, 1.807) is 30.6 Å². The molecule has 1 N–H and O–H groups in total. The molecule has 0 spiro atoms. The number of nitrogens with zero attached hydrogens (tertiary/aromatic N) is 2. The highest BCUT2D eigenvalue weighted by atomic mass is 19.1. The van der Waals surface area contributed by atoms with Crippen LogP contribution in [0.25, 0.3) is 10.8 Å². The Kier molecular flexibility index (Phi) is 4.02. The fourth-order valence-corrected chi connectivity index (χ4v) is 2.60.